The van der Waals surface area contributed by atoms with Crippen LogP contribution in [0, 0.1) is 6.92 Å². The number of nitrogens with one attached hydrogen (secondary N) is 1. The Morgan fingerprint density at radius 2 is 2.35 bits per heavy atom. The van der Waals surface area contributed by atoms with E-state index < -0.39 is 0 Å². The standard InChI is InChI=1S/C11H15N3O2S/c1-3-8-11(16)12-4-10(15)14(8)5-9-13-7(2)6-17-9/h6,8H,3-5H2,1-2H3,(H,12,16). The summed E-state index contributed by atoms with van der Waals surface area (Å²) in [6.07, 6.45) is 0.627. The lowest BCUT2D eigenvalue weighted by Crippen LogP contribution is -2.57. The van der Waals surface area contributed by atoms with E-state index in [-0.39, 0.29) is 24.4 Å². The SMILES string of the molecule is CCC1C(=O)NCC(=O)N1Cc1nc(C)cs1. The molecule has 1 aliphatic rings. The molecule has 17 heavy (non-hydrogen) atoms. The molecule has 0 aliphatic carbocycles. The summed E-state index contributed by atoms with van der Waals surface area (Å²) in [5, 5.41) is 5.43. The van der Waals surface area contributed by atoms with Gasteiger partial charge in [0.25, 0.3) is 0 Å². The number of hydrogen-bond donors (Lipinski definition) is 1. The van der Waals surface area contributed by atoms with Crippen molar-refractivity contribution in [2.45, 2.75) is 32.9 Å². The summed E-state index contributed by atoms with van der Waals surface area (Å²) in [4.78, 5) is 29.4. The molecule has 2 rings (SSSR count). The molecule has 0 spiro atoms. The van der Waals surface area contributed by atoms with E-state index in [4.69, 9.17) is 0 Å². The van der Waals surface area contributed by atoms with Crippen LogP contribution < -0.4 is 5.32 Å². The molecule has 6 heteroatoms. The van der Waals surface area contributed by atoms with Crippen molar-refractivity contribution < 1.29 is 9.59 Å². The van der Waals surface area contributed by atoms with Gasteiger partial charge < -0.3 is 10.2 Å². The minimum absolute atomic E-state index is 0.0377. The Labute approximate surface area is 104 Å². The Bertz CT molecular complexity index is 444. The third-order valence-corrected chi connectivity index (χ3v) is 3.72. The Morgan fingerprint density at radius 3 is 2.94 bits per heavy atom. The summed E-state index contributed by atoms with van der Waals surface area (Å²) in [6, 6.07) is -0.361. The van der Waals surface area contributed by atoms with Gasteiger partial charge in [-0.3, -0.25) is 9.59 Å². The fraction of sp³-hybridized carbons (Fsp3) is 0.545. The maximum Gasteiger partial charge on any atom is 0.243 e. The number of rotatable bonds is 3. The van der Waals surface area contributed by atoms with E-state index in [0.29, 0.717) is 13.0 Å². The summed E-state index contributed by atoms with van der Waals surface area (Å²) < 4.78 is 0. The molecule has 1 aromatic rings. The molecule has 1 aliphatic heterocycles. The van der Waals surface area contributed by atoms with Gasteiger partial charge in [0.1, 0.15) is 11.0 Å². The van der Waals surface area contributed by atoms with Gasteiger partial charge >= 0.3 is 0 Å². The fourth-order valence-corrected chi connectivity index (χ4v) is 2.69. The lowest BCUT2D eigenvalue weighted by Gasteiger charge is -2.33. The number of amides is 2. The molecule has 1 atom stereocenters. The third kappa shape index (κ3) is 2.46. The van der Waals surface area contributed by atoms with Crippen LogP contribution in [0.25, 0.3) is 0 Å². The third-order valence-electron chi connectivity index (χ3n) is 2.77. The maximum atomic E-state index is 11.8. The van der Waals surface area contributed by atoms with Crippen molar-refractivity contribution in [2.75, 3.05) is 6.54 Å². The van der Waals surface area contributed by atoms with E-state index in [9.17, 15) is 9.59 Å². The Balaban J connectivity index is 2.15. The van der Waals surface area contributed by atoms with Gasteiger partial charge in [-0.1, -0.05) is 6.92 Å². The molecule has 2 amide bonds. The van der Waals surface area contributed by atoms with Crippen LogP contribution in [0.15, 0.2) is 5.38 Å². The first-order chi connectivity index (χ1) is 8.11. The molecule has 1 N–H and O–H groups in total. The number of aryl methyl sites for hydroxylation is 1. The zero-order valence-corrected chi connectivity index (χ0v) is 10.7. The fourth-order valence-electron chi connectivity index (χ4n) is 1.92. The lowest BCUT2D eigenvalue weighted by molar-refractivity contribution is -0.146. The number of thiazole rings is 1. The van der Waals surface area contributed by atoms with Crippen LogP contribution in [0.3, 0.4) is 0 Å². The highest BCUT2D eigenvalue weighted by molar-refractivity contribution is 7.09. The smallest absolute Gasteiger partial charge is 0.243 e. The van der Waals surface area contributed by atoms with E-state index in [0.717, 1.165) is 10.7 Å². The Morgan fingerprint density at radius 1 is 1.59 bits per heavy atom. The van der Waals surface area contributed by atoms with E-state index in [2.05, 4.69) is 10.3 Å². The zero-order valence-electron chi connectivity index (χ0n) is 9.90. The van der Waals surface area contributed by atoms with Gasteiger partial charge in [0.15, 0.2) is 0 Å². The van der Waals surface area contributed by atoms with Gasteiger partial charge in [-0.25, -0.2) is 4.98 Å². The summed E-state index contributed by atoms with van der Waals surface area (Å²) in [5.41, 5.74) is 0.951. The first-order valence-electron chi connectivity index (χ1n) is 5.60. The van der Waals surface area contributed by atoms with Crippen LogP contribution in [0.2, 0.25) is 0 Å². The number of piperazine rings is 1. The molecule has 1 aromatic heterocycles. The lowest BCUT2D eigenvalue weighted by atomic mass is 10.1. The first-order valence-corrected chi connectivity index (χ1v) is 6.48. The molecule has 0 saturated carbocycles. The molecule has 1 fully saturated rings. The topological polar surface area (TPSA) is 62.3 Å². The average molecular weight is 253 g/mol. The molecule has 1 saturated heterocycles. The van der Waals surface area contributed by atoms with Crippen LogP contribution in [0.5, 0.6) is 0 Å². The van der Waals surface area contributed by atoms with Gasteiger partial charge in [0, 0.05) is 11.1 Å². The van der Waals surface area contributed by atoms with Crippen molar-refractivity contribution in [1.29, 1.82) is 0 Å². The summed E-state index contributed by atoms with van der Waals surface area (Å²) >= 11 is 1.52. The number of aromatic nitrogens is 1. The molecule has 0 aromatic carbocycles. The first kappa shape index (κ1) is 12.0. The number of carbonyl (C=O) groups is 2. The van der Waals surface area contributed by atoms with Gasteiger partial charge in [0.2, 0.25) is 11.8 Å². The normalized spacial score (nSPS) is 20.6. The Kier molecular flexibility index (Phi) is 3.42. The molecule has 0 bridgehead atoms. The highest BCUT2D eigenvalue weighted by atomic mass is 32.1. The minimum Gasteiger partial charge on any atom is -0.345 e. The van der Waals surface area contributed by atoms with Crippen LogP contribution in [-0.4, -0.2) is 34.3 Å². The van der Waals surface area contributed by atoms with Crippen molar-refractivity contribution >= 4 is 23.2 Å². The van der Waals surface area contributed by atoms with Gasteiger partial charge in [-0.05, 0) is 13.3 Å². The van der Waals surface area contributed by atoms with Crippen LogP contribution >= 0.6 is 11.3 Å². The minimum atomic E-state index is -0.361. The Hall–Kier alpha value is -1.43. The van der Waals surface area contributed by atoms with Crippen molar-refractivity contribution in [3.05, 3.63) is 16.1 Å². The molecule has 92 valence electrons. The zero-order chi connectivity index (χ0) is 12.4. The maximum absolute atomic E-state index is 11.8. The van der Waals surface area contributed by atoms with E-state index in [1.54, 1.807) is 4.90 Å². The van der Waals surface area contributed by atoms with Gasteiger partial charge in [-0.2, -0.15) is 0 Å². The quantitative estimate of drug-likeness (QED) is 0.862. The van der Waals surface area contributed by atoms with E-state index >= 15 is 0 Å². The van der Waals surface area contributed by atoms with Crippen LogP contribution in [0.1, 0.15) is 24.0 Å². The van der Waals surface area contributed by atoms with Crippen molar-refractivity contribution in [1.82, 2.24) is 15.2 Å². The highest BCUT2D eigenvalue weighted by Gasteiger charge is 2.33. The average Bonchev–Trinajstić information content (AvgIpc) is 2.70. The molecular formula is C11H15N3O2S. The van der Waals surface area contributed by atoms with Crippen molar-refractivity contribution in [3.8, 4) is 0 Å². The predicted octanol–water partition coefficient (Wildman–Crippen LogP) is 0.689. The molecule has 1 unspecified atom stereocenters. The number of carbonyl (C=O) groups excluding carboxylic acids is 2. The van der Waals surface area contributed by atoms with Crippen molar-refractivity contribution in [3.63, 3.8) is 0 Å². The molecule has 5 nitrogen and oxygen atoms in total. The molecular weight excluding hydrogens is 238 g/mol. The monoisotopic (exact) mass is 253 g/mol. The molecule has 0 radical (unpaired) electrons. The van der Waals surface area contributed by atoms with Crippen LogP contribution in [0.4, 0.5) is 0 Å². The van der Waals surface area contributed by atoms with Crippen molar-refractivity contribution in [2.24, 2.45) is 0 Å². The van der Waals surface area contributed by atoms with Crippen LogP contribution in [-0.2, 0) is 16.1 Å². The number of nitrogens with zero attached hydrogens (tertiary/aromatic N) is 2. The van der Waals surface area contributed by atoms with Gasteiger partial charge in [-0.15, -0.1) is 11.3 Å². The second kappa shape index (κ2) is 4.83. The van der Waals surface area contributed by atoms with Gasteiger partial charge in [0.05, 0.1) is 13.1 Å². The largest absolute Gasteiger partial charge is 0.345 e. The summed E-state index contributed by atoms with van der Waals surface area (Å²) in [6.45, 7) is 4.36. The number of hydrogen-bond acceptors (Lipinski definition) is 4. The summed E-state index contributed by atoms with van der Waals surface area (Å²) in [7, 11) is 0. The van der Waals surface area contributed by atoms with E-state index in [1.165, 1.54) is 11.3 Å². The molecule has 2 heterocycles. The van der Waals surface area contributed by atoms with E-state index in [1.807, 2.05) is 19.2 Å². The second-order valence-electron chi connectivity index (χ2n) is 4.05. The summed E-state index contributed by atoms with van der Waals surface area (Å²) in [5.74, 6) is -0.107. The second-order valence-corrected chi connectivity index (χ2v) is 4.99. The highest BCUT2D eigenvalue weighted by Crippen LogP contribution is 2.17. The predicted molar refractivity (Wildman–Crippen MR) is 64.5 cm³/mol.